The Labute approximate surface area is 127 Å². The third-order valence-electron chi connectivity index (χ3n) is 3.20. The van der Waals surface area contributed by atoms with Gasteiger partial charge in [0.1, 0.15) is 0 Å². The first-order valence-electron chi connectivity index (χ1n) is 6.37. The lowest BCUT2D eigenvalue weighted by Crippen LogP contribution is -2.20. The van der Waals surface area contributed by atoms with Crippen LogP contribution in [-0.2, 0) is 0 Å². The highest BCUT2D eigenvalue weighted by Gasteiger charge is 2.06. The van der Waals surface area contributed by atoms with Gasteiger partial charge in [-0.25, -0.2) is 4.79 Å². The molecule has 0 fully saturated rings. The predicted molar refractivity (Wildman–Crippen MR) is 87.4 cm³/mol. The maximum absolute atomic E-state index is 12.0. The number of hydrogen-bond donors (Lipinski definition) is 2. The van der Waals surface area contributed by atoms with E-state index in [-0.39, 0.29) is 6.03 Å². The van der Waals surface area contributed by atoms with E-state index in [4.69, 9.17) is 0 Å². The molecule has 4 heteroatoms. The summed E-state index contributed by atoms with van der Waals surface area (Å²) in [5.74, 6) is 0. The molecular formula is C16H17BrN2O. The molecule has 104 valence electrons. The number of nitrogens with one attached hydrogen (secondary N) is 2. The maximum Gasteiger partial charge on any atom is 0.323 e. The van der Waals surface area contributed by atoms with Crippen LogP contribution in [0.2, 0.25) is 0 Å². The van der Waals surface area contributed by atoms with Crippen LogP contribution in [0.3, 0.4) is 0 Å². The van der Waals surface area contributed by atoms with Crippen molar-refractivity contribution in [3.05, 3.63) is 57.6 Å². The summed E-state index contributed by atoms with van der Waals surface area (Å²) in [4.78, 5) is 12.0. The van der Waals surface area contributed by atoms with Gasteiger partial charge in [0.25, 0.3) is 0 Å². The third kappa shape index (κ3) is 3.61. The van der Waals surface area contributed by atoms with E-state index in [0.717, 1.165) is 27.0 Å². The number of anilines is 2. The molecule has 0 atom stereocenters. The molecule has 0 saturated heterocycles. The molecule has 0 aromatic heterocycles. The molecule has 0 unspecified atom stereocenters. The van der Waals surface area contributed by atoms with Crippen LogP contribution in [0.5, 0.6) is 0 Å². The number of benzene rings is 2. The number of rotatable bonds is 2. The molecule has 3 nitrogen and oxygen atoms in total. The Balaban J connectivity index is 2.07. The highest BCUT2D eigenvalue weighted by Crippen LogP contribution is 2.20. The summed E-state index contributed by atoms with van der Waals surface area (Å²) in [6, 6.07) is 11.4. The summed E-state index contributed by atoms with van der Waals surface area (Å²) < 4.78 is 0.995. The number of carbonyl (C=O) groups excluding carboxylic acids is 1. The van der Waals surface area contributed by atoms with Gasteiger partial charge in [-0.05, 0) is 67.8 Å². The van der Waals surface area contributed by atoms with Crippen molar-refractivity contribution in [2.24, 2.45) is 0 Å². The summed E-state index contributed by atoms with van der Waals surface area (Å²) >= 11 is 3.40. The molecular weight excluding hydrogens is 316 g/mol. The van der Waals surface area contributed by atoms with Crippen molar-refractivity contribution < 1.29 is 4.79 Å². The molecule has 2 amide bonds. The zero-order valence-corrected chi connectivity index (χ0v) is 13.3. The second kappa shape index (κ2) is 6.09. The van der Waals surface area contributed by atoms with Crippen molar-refractivity contribution in [3.8, 4) is 0 Å². The van der Waals surface area contributed by atoms with Crippen molar-refractivity contribution in [1.29, 1.82) is 0 Å². The van der Waals surface area contributed by atoms with E-state index in [1.807, 2.05) is 57.2 Å². The standard InChI is InChI=1S/C16H17BrN2O/c1-10-4-6-14(9-11(10)2)18-16(20)19-15-7-5-13(17)8-12(15)3/h4-9H,1-3H3,(H2,18,19,20). The Hall–Kier alpha value is -1.81. The lowest BCUT2D eigenvalue weighted by atomic mass is 10.1. The lowest BCUT2D eigenvalue weighted by Gasteiger charge is -2.11. The molecule has 0 aliphatic carbocycles. The van der Waals surface area contributed by atoms with Gasteiger partial charge in [0.05, 0.1) is 0 Å². The van der Waals surface area contributed by atoms with Crippen molar-refractivity contribution in [3.63, 3.8) is 0 Å². The quantitative estimate of drug-likeness (QED) is 0.796. The van der Waals surface area contributed by atoms with Gasteiger partial charge in [-0.2, -0.15) is 0 Å². The van der Waals surface area contributed by atoms with Crippen molar-refractivity contribution in [2.45, 2.75) is 20.8 Å². The smallest absolute Gasteiger partial charge is 0.308 e. The molecule has 0 spiro atoms. The summed E-state index contributed by atoms with van der Waals surface area (Å²) in [5.41, 5.74) is 4.96. The number of halogens is 1. The van der Waals surface area contributed by atoms with E-state index >= 15 is 0 Å². The number of urea groups is 1. The SMILES string of the molecule is Cc1ccc(NC(=O)Nc2ccc(Br)cc2C)cc1C. The predicted octanol–water partition coefficient (Wildman–Crippen LogP) is 5.02. The maximum atomic E-state index is 12.0. The van der Waals surface area contributed by atoms with Gasteiger partial charge in [0.2, 0.25) is 0 Å². The molecule has 0 aliphatic heterocycles. The normalized spacial score (nSPS) is 10.2. The van der Waals surface area contributed by atoms with E-state index in [1.165, 1.54) is 5.56 Å². The topological polar surface area (TPSA) is 41.1 Å². The number of aryl methyl sites for hydroxylation is 3. The van der Waals surface area contributed by atoms with Crippen LogP contribution in [0, 0.1) is 20.8 Å². The van der Waals surface area contributed by atoms with Crippen LogP contribution in [0.25, 0.3) is 0 Å². The zero-order chi connectivity index (χ0) is 14.7. The van der Waals surface area contributed by atoms with Gasteiger partial charge >= 0.3 is 6.03 Å². The number of amides is 2. The first-order chi connectivity index (χ1) is 9.45. The molecule has 2 N–H and O–H groups in total. The monoisotopic (exact) mass is 332 g/mol. The minimum atomic E-state index is -0.237. The first-order valence-corrected chi connectivity index (χ1v) is 7.16. The fraction of sp³-hybridized carbons (Fsp3) is 0.188. The Morgan fingerprint density at radius 3 is 2.30 bits per heavy atom. The molecule has 2 aromatic rings. The van der Waals surface area contributed by atoms with Gasteiger partial charge in [0, 0.05) is 15.8 Å². The molecule has 0 bridgehead atoms. The van der Waals surface area contributed by atoms with Crippen molar-refractivity contribution in [1.82, 2.24) is 0 Å². The number of hydrogen-bond acceptors (Lipinski definition) is 1. The Kier molecular flexibility index (Phi) is 4.45. The molecule has 20 heavy (non-hydrogen) atoms. The Bertz CT molecular complexity index is 653. The average Bonchev–Trinajstić information content (AvgIpc) is 2.37. The van der Waals surface area contributed by atoms with Crippen LogP contribution >= 0.6 is 15.9 Å². The molecule has 0 radical (unpaired) electrons. The molecule has 2 rings (SSSR count). The van der Waals surface area contributed by atoms with E-state index in [0.29, 0.717) is 0 Å². The second-order valence-electron chi connectivity index (χ2n) is 4.84. The van der Waals surface area contributed by atoms with Crippen LogP contribution in [0.1, 0.15) is 16.7 Å². The molecule has 0 aliphatic rings. The second-order valence-corrected chi connectivity index (χ2v) is 5.75. The van der Waals surface area contributed by atoms with E-state index in [9.17, 15) is 4.79 Å². The largest absolute Gasteiger partial charge is 0.323 e. The number of carbonyl (C=O) groups is 1. The summed E-state index contributed by atoms with van der Waals surface area (Å²) in [7, 11) is 0. The van der Waals surface area contributed by atoms with Gasteiger partial charge in [0.15, 0.2) is 0 Å². The molecule has 2 aromatic carbocycles. The zero-order valence-electron chi connectivity index (χ0n) is 11.8. The fourth-order valence-corrected chi connectivity index (χ4v) is 2.35. The summed E-state index contributed by atoms with van der Waals surface area (Å²) in [6.45, 7) is 6.03. The average molecular weight is 333 g/mol. The van der Waals surface area contributed by atoms with E-state index in [1.54, 1.807) is 0 Å². The molecule has 0 heterocycles. The van der Waals surface area contributed by atoms with Gasteiger partial charge in [-0.1, -0.05) is 22.0 Å². The highest BCUT2D eigenvalue weighted by atomic mass is 79.9. The highest BCUT2D eigenvalue weighted by molar-refractivity contribution is 9.10. The first kappa shape index (κ1) is 14.6. The van der Waals surface area contributed by atoms with Crippen LogP contribution in [0.4, 0.5) is 16.2 Å². The summed E-state index contributed by atoms with van der Waals surface area (Å²) in [6.07, 6.45) is 0. The van der Waals surface area contributed by atoms with Gasteiger partial charge in [-0.3, -0.25) is 0 Å². The fourth-order valence-electron chi connectivity index (χ4n) is 1.87. The van der Waals surface area contributed by atoms with Crippen LogP contribution < -0.4 is 10.6 Å². The van der Waals surface area contributed by atoms with Crippen molar-refractivity contribution >= 4 is 33.3 Å². The Morgan fingerprint density at radius 1 is 0.900 bits per heavy atom. The van der Waals surface area contributed by atoms with Crippen molar-refractivity contribution in [2.75, 3.05) is 10.6 Å². The van der Waals surface area contributed by atoms with E-state index in [2.05, 4.69) is 26.6 Å². The minimum Gasteiger partial charge on any atom is -0.308 e. The van der Waals surface area contributed by atoms with Gasteiger partial charge in [-0.15, -0.1) is 0 Å². The summed E-state index contributed by atoms with van der Waals surface area (Å²) in [5, 5.41) is 5.69. The Morgan fingerprint density at radius 2 is 1.65 bits per heavy atom. The minimum absolute atomic E-state index is 0.237. The molecule has 0 saturated carbocycles. The third-order valence-corrected chi connectivity index (χ3v) is 3.69. The van der Waals surface area contributed by atoms with E-state index < -0.39 is 0 Å². The van der Waals surface area contributed by atoms with Crippen LogP contribution in [0.15, 0.2) is 40.9 Å². The van der Waals surface area contributed by atoms with Crippen LogP contribution in [-0.4, -0.2) is 6.03 Å². The van der Waals surface area contributed by atoms with Gasteiger partial charge < -0.3 is 10.6 Å². The lowest BCUT2D eigenvalue weighted by molar-refractivity contribution is 0.262.